The number of thiophene rings is 1. The largest absolute Gasteiger partial charge is 0.465 e. The maximum Gasteiger partial charge on any atom is 0.341 e. The zero-order chi connectivity index (χ0) is 17.7. The van der Waals surface area contributed by atoms with E-state index in [2.05, 4.69) is 24.5 Å². The second-order valence-corrected chi connectivity index (χ2v) is 7.46. The Morgan fingerprint density at radius 1 is 1.29 bits per heavy atom. The first-order chi connectivity index (χ1) is 11.4. The summed E-state index contributed by atoms with van der Waals surface area (Å²) in [5.74, 6) is 0.113. The number of hydrogen-bond acceptors (Lipinski definition) is 4. The van der Waals surface area contributed by atoms with Gasteiger partial charge < -0.3 is 15.4 Å². The van der Waals surface area contributed by atoms with Crippen LogP contribution in [0.25, 0.3) is 11.1 Å². The fraction of sp³-hybridized carbons (Fsp3) is 0.333. The van der Waals surface area contributed by atoms with Crippen molar-refractivity contribution < 1.29 is 9.53 Å². The highest BCUT2D eigenvalue weighted by molar-refractivity contribution is 7.80. The Morgan fingerprint density at radius 2 is 1.96 bits per heavy atom. The summed E-state index contributed by atoms with van der Waals surface area (Å²) >= 11 is 6.84. The number of nitrogens with one attached hydrogen (secondary N) is 2. The topological polar surface area (TPSA) is 50.4 Å². The minimum Gasteiger partial charge on any atom is -0.465 e. The van der Waals surface area contributed by atoms with Gasteiger partial charge in [0, 0.05) is 17.0 Å². The van der Waals surface area contributed by atoms with E-state index in [1.807, 2.05) is 37.3 Å². The first-order valence-corrected chi connectivity index (χ1v) is 8.98. The molecule has 0 aliphatic rings. The van der Waals surface area contributed by atoms with Gasteiger partial charge in [-0.25, -0.2) is 4.79 Å². The average Bonchev–Trinajstić information content (AvgIpc) is 2.89. The number of ether oxygens (including phenoxy) is 1. The standard InChI is InChI=1S/C18H22N2O2S2/c1-11(2)10-19-18(23)20-16-15(17(21)22-4)14(12(3)24-16)13-8-6-5-7-9-13/h5-9,11H,10H2,1-4H3,(H2,19,20,23). The summed E-state index contributed by atoms with van der Waals surface area (Å²) in [6.45, 7) is 6.99. The highest BCUT2D eigenvalue weighted by Gasteiger charge is 2.24. The van der Waals surface area contributed by atoms with Crippen LogP contribution in [0.15, 0.2) is 30.3 Å². The normalized spacial score (nSPS) is 10.5. The van der Waals surface area contributed by atoms with Crippen LogP contribution in [0.5, 0.6) is 0 Å². The number of carbonyl (C=O) groups is 1. The Labute approximate surface area is 152 Å². The molecule has 1 aromatic heterocycles. The van der Waals surface area contributed by atoms with Crippen LogP contribution in [0.4, 0.5) is 5.00 Å². The van der Waals surface area contributed by atoms with Crippen LogP contribution in [0.1, 0.15) is 29.1 Å². The zero-order valence-electron chi connectivity index (χ0n) is 14.3. The summed E-state index contributed by atoms with van der Waals surface area (Å²) in [5.41, 5.74) is 2.40. The third kappa shape index (κ3) is 4.33. The van der Waals surface area contributed by atoms with Gasteiger partial charge in [-0.15, -0.1) is 11.3 Å². The van der Waals surface area contributed by atoms with Gasteiger partial charge in [-0.1, -0.05) is 44.2 Å². The molecule has 2 aromatic rings. The van der Waals surface area contributed by atoms with Crippen molar-refractivity contribution in [3.05, 3.63) is 40.8 Å². The molecule has 0 amide bonds. The van der Waals surface area contributed by atoms with Crippen molar-refractivity contribution in [2.24, 2.45) is 5.92 Å². The van der Waals surface area contributed by atoms with Crippen LogP contribution in [-0.2, 0) is 4.74 Å². The first kappa shape index (κ1) is 18.4. The minimum atomic E-state index is -0.368. The van der Waals surface area contributed by atoms with Gasteiger partial charge in [-0.05, 0) is 30.6 Å². The van der Waals surface area contributed by atoms with Crippen molar-refractivity contribution in [1.29, 1.82) is 0 Å². The van der Waals surface area contributed by atoms with E-state index in [4.69, 9.17) is 17.0 Å². The molecular weight excluding hydrogens is 340 g/mol. The molecule has 0 bridgehead atoms. The van der Waals surface area contributed by atoms with Gasteiger partial charge in [0.1, 0.15) is 10.6 Å². The lowest BCUT2D eigenvalue weighted by atomic mass is 10.0. The first-order valence-electron chi connectivity index (χ1n) is 7.76. The maximum atomic E-state index is 12.4. The number of hydrogen-bond donors (Lipinski definition) is 2. The van der Waals surface area contributed by atoms with Crippen LogP contribution in [0, 0.1) is 12.8 Å². The molecule has 2 N–H and O–H groups in total. The third-order valence-electron chi connectivity index (χ3n) is 3.43. The van der Waals surface area contributed by atoms with Crippen molar-refractivity contribution in [3.8, 4) is 11.1 Å². The van der Waals surface area contributed by atoms with Crippen LogP contribution < -0.4 is 10.6 Å². The van der Waals surface area contributed by atoms with Crippen molar-refractivity contribution in [2.75, 3.05) is 19.0 Å². The number of anilines is 1. The molecule has 2 rings (SSSR count). The number of aryl methyl sites for hydroxylation is 1. The fourth-order valence-corrected chi connectivity index (χ4v) is 3.64. The van der Waals surface area contributed by atoms with E-state index in [-0.39, 0.29) is 5.97 Å². The number of benzene rings is 1. The zero-order valence-corrected chi connectivity index (χ0v) is 15.9. The second kappa shape index (κ2) is 8.26. The van der Waals surface area contributed by atoms with Gasteiger partial charge in [0.15, 0.2) is 5.11 Å². The molecule has 0 radical (unpaired) electrons. The molecule has 1 aromatic carbocycles. The summed E-state index contributed by atoms with van der Waals surface area (Å²) in [5, 5.41) is 7.53. The SMILES string of the molecule is COC(=O)c1c(NC(=S)NCC(C)C)sc(C)c1-c1ccccc1. The predicted molar refractivity (Wildman–Crippen MR) is 105 cm³/mol. The predicted octanol–water partition coefficient (Wildman–Crippen LogP) is 4.45. The third-order valence-corrected chi connectivity index (χ3v) is 4.70. The lowest BCUT2D eigenvalue weighted by Crippen LogP contribution is -2.31. The van der Waals surface area contributed by atoms with E-state index in [0.717, 1.165) is 22.5 Å². The Kier molecular flexibility index (Phi) is 6.34. The Morgan fingerprint density at radius 3 is 2.54 bits per heavy atom. The van der Waals surface area contributed by atoms with Gasteiger partial charge in [0.2, 0.25) is 0 Å². The van der Waals surface area contributed by atoms with E-state index < -0.39 is 0 Å². The highest BCUT2D eigenvalue weighted by atomic mass is 32.1. The Hall–Kier alpha value is -1.92. The van der Waals surface area contributed by atoms with Gasteiger partial charge in [0.25, 0.3) is 0 Å². The molecule has 0 saturated heterocycles. The van der Waals surface area contributed by atoms with Crippen molar-refractivity contribution in [2.45, 2.75) is 20.8 Å². The van der Waals surface area contributed by atoms with E-state index >= 15 is 0 Å². The average molecular weight is 363 g/mol. The summed E-state index contributed by atoms with van der Waals surface area (Å²) in [4.78, 5) is 13.4. The number of esters is 1. The van der Waals surface area contributed by atoms with Crippen molar-refractivity contribution >= 4 is 39.6 Å². The van der Waals surface area contributed by atoms with Gasteiger partial charge >= 0.3 is 5.97 Å². The molecular formula is C18H22N2O2S2. The monoisotopic (exact) mass is 362 g/mol. The summed E-state index contributed by atoms with van der Waals surface area (Å²) in [6, 6.07) is 9.83. The van der Waals surface area contributed by atoms with Crippen molar-refractivity contribution in [1.82, 2.24) is 5.32 Å². The molecule has 128 valence electrons. The molecule has 0 fully saturated rings. The lowest BCUT2D eigenvalue weighted by Gasteiger charge is -2.12. The minimum absolute atomic E-state index is 0.368. The fourth-order valence-electron chi connectivity index (χ4n) is 2.33. The number of rotatable bonds is 5. The quantitative estimate of drug-likeness (QED) is 0.608. The molecule has 0 unspecified atom stereocenters. The molecule has 0 aliphatic heterocycles. The van der Waals surface area contributed by atoms with Crippen LogP contribution >= 0.6 is 23.6 Å². The maximum absolute atomic E-state index is 12.4. The molecule has 0 aliphatic carbocycles. The van der Waals surface area contributed by atoms with Gasteiger partial charge in [-0.2, -0.15) is 0 Å². The van der Waals surface area contributed by atoms with E-state index in [1.54, 1.807) is 0 Å². The van der Waals surface area contributed by atoms with Gasteiger partial charge in [-0.3, -0.25) is 0 Å². The summed E-state index contributed by atoms with van der Waals surface area (Å²) in [7, 11) is 1.39. The Balaban J connectivity index is 2.39. The second-order valence-electron chi connectivity index (χ2n) is 5.82. The lowest BCUT2D eigenvalue weighted by molar-refractivity contribution is 0.0603. The molecule has 1 heterocycles. The van der Waals surface area contributed by atoms with Crippen molar-refractivity contribution in [3.63, 3.8) is 0 Å². The summed E-state index contributed by atoms with van der Waals surface area (Å²) < 4.78 is 5.00. The van der Waals surface area contributed by atoms with E-state index in [0.29, 0.717) is 21.6 Å². The summed E-state index contributed by atoms with van der Waals surface area (Å²) in [6.07, 6.45) is 0. The van der Waals surface area contributed by atoms with Crippen LogP contribution in [0.3, 0.4) is 0 Å². The number of thiocarbonyl (C=S) groups is 1. The number of carbonyl (C=O) groups excluding carboxylic acids is 1. The molecule has 0 atom stereocenters. The Bertz CT molecular complexity index is 724. The molecule has 4 nitrogen and oxygen atoms in total. The smallest absolute Gasteiger partial charge is 0.341 e. The molecule has 6 heteroatoms. The van der Waals surface area contributed by atoms with Gasteiger partial charge in [0.05, 0.1) is 7.11 Å². The van der Waals surface area contributed by atoms with Crippen LogP contribution in [0.2, 0.25) is 0 Å². The molecule has 0 spiro atoms. The number of methoxy groups -OCH3 is 1. The van der Waals surface area contributed by atoms with Crippen LogP contribution in [-0.4, -0.2) is 24.7 Å². The van der Waals surface area contributed by atoms with E-state index in [9.17, 15) is 4.79 Å². The van der Waals surface area contributed by atoms with E-state index in [1.165, 1.54) is 18.4 Å². The molecule has 24 heavy (non-hydrogen) atoms. The highest BCUT2D eigenvalue weighted by Crippen LogP contribution is 2.40. The molecule has 0 saturated carbocycles.